The van der Waals surface area contributed by atoms with E-state index < -0.39 is 0 Å². The average Bonchev–Trinajstić information content (AvgIpc) is 3.18. The van der Waals surface area contributed by atoms with Gasteiger partial charge in [-0.05, 0) is 42.5 Å². The molecule has 0 aliphatic carbocycles. The third kappa shape index (κ3) is 2.92. The van der Waals surface area contributed by atoms with E-state index in [0.29, 0.717) is 39.6 Å². The summed E-state index contributed by atoms with van der Waals surface area (Å²) in [7, 11) is 0. The molecule has 5 aromatic rings. The fourth-order valence-corrected chi connectivity index (χ4v) is 2.82. The second-order valence-electron chi connectivity index (χ2n) is 5.99. The van der Waals surface area contributed by atoms with Gasteiger partial charge in [-0.15, -0.1) is 0 Å². The maximum atomic E-state index is 12.6. The van der Waals surface area contributed by atoms with Crippen LogP contribution in [0.1, 0.15) is 10.4 Å². The normalized spacial score (nSPS) is 11.0. The Morgan fingerprint density at radius 1 is 0.857 bits per heavy atom. The summed E-state index contributed by atoms with van der Waals surface area (Å²) in [6.07, 6.45) is 6.43. The molecule has 0 spiro atoms. The predicted octanol–water partition coefficient (Wildman–Crippen LogP) is 3.48. The number of amides is 1. The van der Waals surface area contributed by atoms with Crippen LogP contribution in [-0.4, -0.2) is 30.8 Å². The Kier molecular flexibility index (Phi) is 3.72. The minimum absolute atomic E-state index is 0.295. The Balaban J connectivity index is 1.43. The number of hydrogen-bond donors (Lipinski definition) is 1. The Morgan fingerprint density at radius 3 is 2.64 bits per heavy atom. The van der Waals surface area contributed by atoms with Crippen LogP contribution in [0.3, 0.4) is 0 Å². The molecule has 4 heterocycles. The summed E-state index contributed by atoms with van der Waals surface area (Å²) in [5, 5.41) is 2.78. The van der Waals surface area contributed by atoms with Crippen molar-refractivity contribution in [1.29, 1.82) is 0 Å². The van der Waals surface area contributed by atoms with Crippen molar-refractivity contribution in [3.8, 4) is 11.5 Å². The number of carbonyl (C=O) groups excluding carboxylic acids is 1. The number of carbonyl (C=O) groups is 1. The molecule has 134 valence electrons. The van der Waals surface area contributed by atoms with Crippen molar-refractivity contribution < 1.29 is 9.21 Å². The quantitative estimate of drug-likeness (QED) is 0.519. The first-order valence-corrected chi connectivity index (χ1v) is 8.46. The molecule has 4 aromatic heterocycles. The molecule has 0 radical (unpaired) electrons. The van der Waals surface area contributed by atoms with Crippen molar-refractivity contribution in [3.05, 3.63) is 72.8 Å². The molecule has 1 amide bonds. The standard InChI is InChI=1S/C20H12N6O2/c27-19(12-3-4-14-15(10-12)22-9-8-21-14)25-17-11-13(5-7-23-17)20-26-18-16(28-20)2-1-6-24-18/h1-11H,(H,23,25,27). The predicted molar refractivity (Wildman–Crippen MR) is 103 cm³/mol. The van der Waals surface area contributed by atoms with Crippen LogP contribution in [0.5, 0.6) is 0 Å². The maximum absolute atomic E-state index is 12.6. The van der Waals surface area contributed by atoms with Crippen LogP contribution in [0.25, 0.3) is 33.7 Å². The first-order valence-electron chi connectivity index (χ1n) is 8.46. The largest absolute Gasteiger partial charge is 0.434 e. The second-order valence-corrected chi connectivity index (χ2v) is 5.99. The molecule has 8 heteroatoms. The third-order valence-corrected chi connectivity index (χ3v) is 4.14. The van der Waals surface area contributed by atoms with E-state index in [9.17, 15) is 4.79 Å². The third-order valence-electron chi connectivity index (χ3n) is 4.14. The zero-order valence-corrected chi connectivity index (χ0v) is 14.4. The van der Waals surface area contributed by atoms with Crippen molar-refractivity contribution in [2.24, 2.45) is 0 Å². The van der Waals surface area contributed by atoms with E-state index >= 15 is 0 Å². The Hall–Kier alpha value is -4.20. The van der Waals surface area contributed by atoms with Gasteiger partial charge in [0.05, 0.1) is 11.0 Å². The molecule has 1 N–H and O–H groups in total. The molecule has 0 saturated heterocycles. The summed E-state index contributed by atoms with van der Waals surface area (Å²) < 4.78 is 5.72. The van der Waals surface area contributed by atoms with E-state index in [1.165, 1.54) is 0 Å². The summed E-state index contributed by atoms with van der Waals surface area (Å²) in [5.41, 5.74) is 3.65. The van der Waals surface area contributed by atoms with E-state index in [2.05, 4.69) is 30.2 Å². The lowest BCUT2D eigenvalue weighted by Gasteiger charge is -2.06. The van der Waals surface area contributed by atoms with E-state index in [-0.39, 0.29) is 5.91 Å². The van der Waals surface area contributed by atoms with Crippen molar-refractivity contribution in [2.45, 2.75) is 0 Å². The van der Waals surface area contributed by atoms with E-state index in [1.54, 1.807) is 67.3 Å². The van der Waals surface area contributed by atoms with Crippen LogP contribution in [0.4, 0.5) is 5.82 Å². The van der Waals surface area contributed by atoms with Crippen LogP contribution in [0, 0.1) is 0 Å². The highest BCUT2D eigenvalue weighted by Crippen LogP contribution is 2.24. The van der Waals surface area contributed by atoms with Gasteiger partial charge < -0.3 is 9.73 Å². The number of nitrogens with one attached hydrogen (secondary N) is 1. The van der Waals surface area contributed by atoms with Crippen molar-refractivity contribution in [3.63, 3.8) is 0 Å². The highest BCUT2D eigenvalue weighted by Gasteiger charge is 2.12. The number of nitrogens with zero attached hydrogens (tertiary/aromatic N) is 5. The van der Waals surface area contributed by atoms with Gasteiger partial charge in [-0.3, -0.25) is 14.8 Å². The molecule has 5 rings (SSSR count). The number of oxazole rings is 1. The first-order chi connectivity index (χ1) is 13.8. The molecule has 0 unspecified atom stereocenters. The molecule has 0 saturated carbocycles. The Labute approximate surface area is 158 Å². The molecular weight excluding hydrogens is 356 g/mol. The lowest BCUT2D eigenvalue weighted by atomic mass is 10.2. The van der Waals surface area contributed by atoms with Crippen LogP contribution < -0.4 is 5.32 Å². The first kappa shape index (κ1) is 16.0. The zero-order valence-electron chi connectivity index (χ0n) is 14.4. The van der Waals surface area contributed by atoms with Gasteiger partial charge in [0.1, 0.15) is 5.82 Å². The number of aromatic nitrogens is 5. The number of fused-ring (bicyclic) bond motifs is 2. The van der Waals surface area contributed by atoms with Crippen molar-refractivity contribution in [2.75, 3.05) is 5.32 Å². The molecule has 1 aromatic carbocycles. The maximum Gasteiger partial charge on any atom is 0.256 e. The molecule has 0 atom stereocenters. The van der Waals surface area contributed by atoms with Gasteiger partial charge in [0.2, 0.25) is 5.89 Å². The lowest BCUT2D eigenvalue weighted by molar-refractivity contribution is 0.102. The average molecular weight is 368 g/mol. The topological polar surface area (TPSA) is 107 Å². The molecule has 0 fully saturated rings. The fraction of sp³-hybridized carbons (Fsp3) is 0. The zero-order chi connectivity index (χ0) is 18.9. The van der Waals surface area contributed by atoms with Gasteiger partial charge >= 0.3 is 0 Å². The van der Waals surface area contributed by atoms with Gasteiger partial charge in [0.25, 0.3) is 5.91 Å². The van der Waals surface area contributed by atoms with Gasteiger partial charge in [-0.25, -0.2) is 9.97 Å². The highest BCUT2D eigenvalue weighted by atomic mass is 16.3. The second kappa shape index (κ2) is 6.51. The molecule has 8 nitrogen and oxygen atoms in total. The minimum atomic E-state index is -0.295. The summed E-state index contributed by atoms with van der Waals surface area (Å²) in [5.74, 6) is 0.501. The minimum Gasteiger partial charge on any atom is -0.434 e. The summed E-state index contributed by atoms with van der Waals surface area (Å²) in [6, 6.07) is 12.2. The van der Waals surface area contributed by atoms with E-state index in [1.807, 2.05) is 0 Å². The van der Waals surface area contributed by atoms with Crippen LogP contribution in [0.15, 0.2) is 71.7 Å². The van der Waals surface area contributed by atoms with E-state index in [4.69, 9.17) is 4.42 Å². The molecule has 0 aliphatic heterocycles. The molecule has 0 aliphatic rings. The summed E-state index contributed by atoms with van der Waals surface area (Å²) >= 11 is 0. The van der Waals surface area contributed by atoms with Crippen molar-refractivity contribution >= 4 is 34.0 Å². The monoisotopic (exact) mass is 368 g/mol. The number of benzene rings is 1. The number of pyridine rings is 2. The van der Waals surface area contributed by atoms with Gasteiger partial charge in [0, 0.05) is 35.9 Å². The lowest BCUT2D eigenvalue weighted by Crippen LogP contribution is -2.13. The number of anilines is 1. The highest BCUT2D eigenvalue weighted by molar-refractivity contribution is 6.05. The van der Waals surface area contributed by atoms with Gasteiger partial charge in [-0.1, -0.05) is 0 Å². The number of hydrogen-bond acceptors (Lipinski definition) is 7. The molecule has 0 bridgehead atoms. The van der Waals surface area contributed by atoms with Gasteiger partial charge in [-0.2, -0.15) is 4.98 Å². The SMILES string of the molecule is O=C(Nc1cc(-c2nc3ncccc3o2)ccn1)c1ccc2nccnc2c1. The Morgan fingerprint density at radius 2 is 1.75 bits per heavy atom. The number of rotatable bonds is 3. The smallest absolute Gasteiger partial charge is 0.256 e. The van der Waals surface area contributed by atoms with Crippen LogP contribution >= 0.6 is 0 Å². The van der Waals surface area contributed by atoms with Crippen LogP contribution in [-0.2, 0) is 0 Å². The fourth-order valence-electron chi connectivity index (χ4n) is 2.82. The molecular formula is C20H12N6O2. The molecule has 28 heavy (non-hydrogen) atoms. The Bertz CT molecular complexity index is 1300. The van der Waals surface area contributed by atoms with Gasteiger partial charge in [0.15, 0.2) is 11.2 Å². The summed E-state index contributed by atoms with van der Waals surface area (Å²) in [6.45, 7) is 0. The van der Waals surface area contributed by atoms with Crippen LogP contribution in [0.2, 0.25) is 0 Å². The van der Waals surface area contributed by atoms with E-state index in [0.717, 1.165) is 5.52 Å². The summed E-state index contributed by atoms with van der Waals surface area (Å²) in [4.78, 5) is 33.7. The van der Waals surface area contributed by atoms with Crippen molar-refractivity contribution in [1.82, 2.24) is 24.9 Å².